The lowest BCUT2D eigenvalue weighted by molar-refractivity contribution is -0.149. The third-order valence-corrected chi connectivity index (χ3v) is 2.94. The second-order valence-electron chi connectivity index (χ2n) is 4.39. The van der Waals surface area contributed by atoms with E-state index in [-0.39, 0.29) is 12.5 Å². The van der Waals surface area contributed by atoms with Crippen LogP contribution >= 0.6 is 0 Å². The molecule has 2 N–H and O–H groups in total. The first-order valence-electron chi connectivity index (χ1n) is 6.39. The largest absolute Gasteiger partial charge is 0.467 e. The maximum Gasteiger partial charge on any atom is 0.336 e. The van der Waals surface area contributed by atoms with Crippen molar-refractivity contribution in [3.05, 3.63) is 54.4 Å². The minimum atomic E-state index is -1.37. The highest BCUT2D eigenvalue weighted by atomic mass is 16.5. The zero-order valence-corrected chi connectivity index (χ0v) is 11.5. The Bertz CT molecular complexity index is 622. The Hall–Kier alpha value is -2.60. The second kappa shape index (κ2) is 6.71. The molecule has 0 radical (unpaired) electrons. The molecule has 6 heteroatoms. The zero-order chi connectivity index (χ0) is 15.2. The van der Waals surface area contributed by atoms with E-state index >= 15 is 0 Å². The monoisotopic (exact) mass is 288 g/mol. The predicted molar refractivity (Wildman–Crippen MR) is 76.1 cm³/mol. The molecular formula is C15H16N2O4. The quantitative estimate of drug-likeness (QED) is 0.795. The Morgan fingerprint density at radius 3 is 2.67 bits per heavy atom. The van der Waals surface area contributed by atoms with Gasteiger partial charge in [-0.1, -0.05) is 6.07 Å². The van der Waals surface area contributed by atoms with Crippen molar-refractivity contribution in [3.63, 3.8) is 0 Å². The summed E-state index contributed by atoms with van der Waals surface area (Å²) in [6, 6.07) is 10.8. The van der Waals surface area contributed by atoms with Crippen LogP contribution in [0, 0.1) is 0 Å². The van der Waals surface area contributed by atoms with Gasteiger partial charge in [-0.2, -0.15) is 0 Å². The van der Waals surface area contributed by atoms with Crippen LogP contribution < -0.4 is 5.32 Å². The van der Waals surface area contributed by atoms with Gasteiger partial charge in [0.05, 0.1) is 13.7 Å². The first kappa shape index (κ1) is 14.8. The van der Waals surface area contributed by atoms with Crippen LogP contribution in [0.5, 0.6) is 0 Å². The minimum absolute atomic E-state index is 0.195. The molecule has 0 spiro atoms. The third kappa shape index (κ3) is 3.70. The molecule has 0 aliphatic heterocycles. The maximum atomic E-state index is 12.0. The van der Waals surface area contributed by atoms with Crippen LogP contribution in [0.2, 0.25) is 0 Å². The van der Waals surface area contributed by atoms with E-state index in [1.807, 2.05) is 35.2 Å². The average molecular weight is 288 g/mol. The van der Waals surface area contributed by atoms with Gasteiger partial charge in [0.1, 0.15) is 0 Å². The van der Waals surface area contributed by atoms with Crippen LogP contribution in [-0.2, 0) is 9.53 Å². The Labute approximate surface area is 122 Å². The summed E-state index contributed by atoms with van der Waals surface area (Å²) in [7, 11) is 1.17. The van der Waals surface area contributed by atoms with Crippen LogP contribution in [0.4, 0.5) is 0 Å². The van der Waals surface area contributed by atoms with Crippen molar-refractivity contribution < 1.29 is 19.4 Å². The Morgan fingerprint density at radius 1 is 1.29 bits per heavy atom. The zero-order valence-electron chi connectivity index (χ0n) is 11.5. The van der Waals surface area contributed by atoms with Crippen LogP contribution in [0.15, 0.2) is 48.8 Å². The van der Waals surface area contributed by atoms with Gasteiger partial charge < -0.3 is 19.7 Å². The lowest BCUT2D eigenvalue weighted by atomic mass is 10.2. The van der Waals surface area contributed by atoms with Crippen molar-refractivity contribution in [1.29, 1.82) is 0 Å². The molecule has 0 aliphatic carbocycles. The van der Waals surface area contributed by atoms with Gasteiger partial charge in [0, 0.05) is 23.6 Å². The van der Waals surface area contributed by atoms with E-state index in [1.54, 1.807) is 18.2 Å². The molecule has 0 saturated heterocycles. The van der Waals surface area contributed by atoms with Crippen molar-refractivity contribution in [2.24, 2.45) is 0 Å². The van der Waals surface area contributed by atoms with E-state index in [4.69, 9.17) is 0 Å². The van der Waals surface area contributed by atoms with E-state index in [9.17, 15) is 14.7 Å². The highest BCUT2D eigenvalue weighted by molar-refractivity contribution is 5.95. The minimum Gasteiger partial charge on any atom is -0.467 e. The van der Waals surface area contributed by atoms with Crippen LogP contribution in [0.3, 0.4) is 0 Å². The molecule has 1 amide bonds. The molecule has 0 fully saturated rings. The Balaban J connectivity index is 2.03. The summed E-state index contributed by atoms with van der Waals surface area (Å²) in [5.74, 6) is -1.15. The highest BCUT2D eigenvalue weighted by Gasteiger charge is 2.16. The molecule has 2 rings (SSSR count). The fourth-order valence-corrected chi connectivity index (χ4v) is 1.83. The molecule has 1 aromatic carbocycles. The number of carbonyl (C=O) groups excluding carboxylic acids is 2. The Kier molecular flexibility index (Phi) is 4.73. The molecule has 0 bridgehead atoms. The van der Waals surface area contributed by atoms with E-state index in [1.165, 1.54) is 7.11 Å². The number of amides is 1. The predicted octanol–water partition coefficient (Wildman–Crippen LogP) is 0.741. The lowest BCUT2D eigenvalue weighted by Gasteiger charge is -2.10. The van der Waals surface area contributed by atoms with Gasteiger partial charge in [0.15, 0.2) is 6.10 Å². The van der Waals surface area contributed by atoms with Gasteiger partial charge >= 0.3 is 5.97 Å². The number of aromatic nitrogens is 1. The SMILES string of the molecule is COC(=O)C(O)CNC(=O)c1cccc(-n2cccc2)c1. The van der Waals surface area contributed by atoms with Gasteiger partial charge in [-0.05, 0) is 30.3 Å². The van der Waals surface area contributed by atoms with Crippen LogP contribution in [0.1, 0.15) is 10.4 Å². The summed E-state index contributed by atoms with van der Waals surface area (Å²) in [4.78, 5) is 23.0. The molecule has 110 valence electrons. The molecule has 1 heterocycles. The van der Waals surface area contributed by atoms with Gasteiger partial charge in [0.25, 0.3) is 5.91 Å². The lowest BCUT2D eigenvalue weighted by Crippen LogP contribution is -2.37. The smallest absolute Gasteiger partial charge is 0.336 e. The number of hydrogen-bond donors (Lipinski definition) is 2. The molecular weight excluding hydrogens is 272 g/mol. The van der Waals surface area contributed by atoms with E-state index in [0.29, 0.717) is 5.56 Å². The number of hydrogen-bond acceptors (Lipinski definition) is 4. The number of rotatable bonds is 5. The fourth-order valence-electron chi connectivity index (χ4n) is 1.83. The normalized spacial score (nSPS) is 11.7. The van der Waals surface area contributed by atoms with E-state index in [2.05, 4.69) is 10.1 Å². The highest BCUT2D eigenvalue weighted by Crippen LogP contribution is 2.10. The molecule has 1 atom stereocenters. The molecule has 2 aromatic rings. The van der Waals surface area contributed by atoms with E-state index < -0.39 is 12.1 Å². The van der Waals surface area contributed by atoms with Crippen LogP contribution in [-0.4, -0.2) is 41.3 Å². The summed E-state index contributed by atoms with van der Waals surface area (Å²) >= 11 is 0. The number of aliphatic hydroxyl groups excluding tert-OH is 1. The molecule has 21 heavy (non-hydrogen) atoms. The summed E-state index contributed by atoms with van der Waals surface area (Å²) in [6.07, 6.45) is 2.38. The van der Waals surface area contributed by atoms with Gasteiger partial charge in [-0.15, -0.1) is 0 Å². The van der Waals surface area contributed by atoms with Crippen molar-refractivity contribution in [1.82, 2.24) is 9.88 Å². The van der Waals surface area contributed by atoms with E-state index in [0.717, 1.165) is 5.69 Å². The summed E-state index contributed by atoms with van der Waals surface area (Å²) in [5.41, 5.74) is 1.29. The van der Waals surface area contributed by atoms with Crippen LogP contribution in [0.25, 0.3) is 5.69 Å². The summed E-state index contributed by atoms with van der Waals surface area (Å²) in [6.45, 7) is -0.195. The Morgan fingerprint density at radius 2 is 2.00 bits per heavy atom. The topological polar surface area (TPSA) is 80.6 Å². The average Bonchev–Trinajstić information content (AvgIpc) is 3.06. The van der Waals surface area contributed by atoms with Gasteiger partial charge in [-0.3, -0.25) is 4.79 Å². The second-order valence-corrected chi connectivity index (χ2v) is 4.39. The third-order valence-electron chi connectivity index (χ3n) is 2.94. The summed E-state index contributed by atoms with van der Waals surface area (Å²) in [5, 5.41) is 11.9. The number of carbonyl (C=O) groups is 2. The van der Waals surface area contributed by atoms with Crippen molar-refractivity contribution in [2.45, 2.75) is 6.10 Å². The molecule has 0 aliphatic rings. The molecule has 1 unspecified atom stereocenters. The number of ether oxygens (including phenoxy) is 1. The van der Waals surface area contributed by atoms with Crippen molar-refractivity contribution >= 4 is 11.9 Å². The number of esters is 1. The first-order chi connectivity index (χ1) is 10.1. The fraction of sp³-hybridized carbons (Fsp3) is 0.200. The standard InChI is InChI=1S/C15H16N2O4/c1-21-15(20)13(18)10-16-14(19)11-5-4-6-12(9-11)17-7-2-3-8-17/h2-9,13,18H,10H2,1H3,(H,16,19). The number of nitrogens with one attached hydrogen (secondary N) is 1. The number of methoxy groups -OCH3 is 1. The maximum absolute atomic E-state index is 12.0. The molecule has 6 nitrogen and oxygen atoms in total. The van der Waals surface area contributed by atoms with Gasteiger partial charge in [-0.25, -0.2) is 4.79 Å². The number of benzene rings is 1. The molecule has 0 saturated carbocycles. The molecule has 1 aromatic heterocycles. The van der Waals surface area contributed by atoms with Crippen molar-refractivity contribution in [2.75, 3.05) is 13.7 Å². The van der Waals surface area contributed by atoms with Crippen molar-refractivity contribution in [3.8, 4) is 5.69 Å². The van der Waals surface area contributed by atoms with Gasteiger partial charge in [0.2, 0.25) is 0 Å². The number of nitrogens with zero attached hydrogens (tertiary/aromatic N) is 1. The summed E-state index contributed by atoms with van der Waals surface area (Å²) < 4.78 is 6.25. The number of aliphatic hydroxyl groups is 1. The first-order valence-corrected chi connectivity index (χ1v) is 6.39.